The third kappa shape index (κ3) is 43.4. The van der Waals surface area contributed by atoms with Crippen molar-refractivity contribution in [3.63, 3.8) is 0 Å². The molecule has 0 bridgehead atoms. The average Bonchev–Trinajstić information content (AvgIpc) is 3.16. The molecular weight excluding hydrogens is 737 g/mol. The van der Waals surface area contributed by atoms with Gasteiger partial charge in [0.25, 0.3) is 0 Å². The van der Waals surface area contributed by atoms with Gasteiger partial charge in [0, 0.05) is 12.8 Å². The highest BCUT2D eigenvalue weighted by Crippen LogP contribution is 2.43. The van der Waals surface area contributed by atoms with Crippen LogP contribution in [0.3, 0.4) is 0 Å². The largest absolute Gasteiger partial charge is 0.472 e. The van der Waals surface area contributed by atoms with Crippen molar-refractivity contribution in [2.24, 2.45) is 0 Å². The second-order valence-corrected chi connectivity index (χ2v) is 17.9. The molecule has 2 atom stereocenters. The number of nitrogens with zero attached hydrogens (tertiary/aromatic N) is 1. The zero-order valence-electron chi connectivity index (χ0n) is 37.3. The number of allylic oxidation sites excluding steroid dienone is 8. The van der Waals surface area contributed by atoms with Crippen molar-refractivity contribution in [1.82, 2.24) is 0 Å². The van der Waals surface area contributed by atoms with Crippen LogP contribution in [-0.4, -0.2) is 74.9 Å². The maximum atomic E-state index is 12.7. The Morgan fingerprint density at radius 3 is 1.53 bits per heavy atom. The average molecular weight is 825 g/mol. The molecule has 0 heterocycles. The normalized spacial score (nSPS) is 14.0. The number of ether oxygens (including phenoxy) is 2. The molecule has 0 amide bonds. The molecule has 0 radical (unpaired) electrons. The van der Waals surface area contributed by atoms with Crippen molar-refractivity contribution in [3.8, 4) is 0 Å². The summed E-state index contributed by atoms with van der Waals surface area (Å²) in [6.07, 6.45) is 45.9. The summed E-state index contributed by atoms with van der Waals surface area (Å²) in [6, 6.07) is 0. The van der Waals surface area contributed by atoms with Gasteiger partial charge in [0.15, 0.2) is 6.10 Å². The first-order valence-corrected chi connectivity index (χ1v) is 24.4. The van der Waals surface area contributed by atoms with Crippen LogP contribution < -0.4 is 0 Å². The van der Waals surface area contributed by atoms with E-state index >= 15 is 0 Å². The molecular formula is C47H87NO8P+. The lowest BCUT2D eigenvalue weighted by molar-refractivity contribution is -0.870. The van der Waals surface area contributed by atoms with E-state index < -0.39 is 26.5 Å². The highest BCUT2D eigenvalue weighted by molar-refractivity contribution is 7.47. The van der Waals surface area contributed by atoms with Crippen LogP contribution in [0.4, 0.5) is 0 Å². The standard InChI is InChI=1S/C47H86NO8P/c1-6-8-10-12-14-16-18-20-21-22-23-24-25-26-28-29-31-33-35-37-39-46(49)53-43-45(44-55-57(51,52)54-42-41-48(3,4)5)56-47(50)40-38-36-34-32-30-27-19-17-15-13-11-9-7-2/h9,11,13,15,17,19,23-24,45H,6-8,10,12,14,16,18,20-22,25-44H2,1-5H3/p+1/b11-9+,15-13+,19-17+,24-23+. The van der Waals surface area contributed by atoms with E-state index in [1.807, 2.05) is 39.4 Å². The highest BCUT2D eigenvalue weighted by atomic mass is 31.2. The Hall–Kier alpha value is -2.03. The lowest BCUT2D eigenvalue weighted by Crippen LogP contribution is -2.37. The van der Waals surface area contributed by atoms with Crippen LogP contribution in [-0.2, 0) is 32.7 Å². The fourth-order valence-corrected chi connectivity index (χ4v) is 6.81. The van der Waals surface area contributed by atoms with Gasteiger partial charge in [0.2, 0.25) is 0 Å². The predicted octanol–water partition coefficient (Wildman–Crippen LogP) is 13.1. The summed E-state index contributed by atoms with van der Waals surface area (Å²) in [6.45, 7) is 4.26. The van der Waals surface area contributed by atoms with Crippen LogP contribution in [0.5, 0.6) is 0 Å². The number of likely N-dealkylation sites (N-methyl/N-ethyl adjacent to an activating group) is 1. The SMILES string of the molecule is CC/C=C/C=C/C=C/CCCCCCCC(=O)OC(COC(=O)CCCCCCCCC/C=C/CCCCCCCCCCC)COP(=O)(O)OCC[N+](C)(C)C. The molecule has 10 heteroatoms. The lowest BCUT2D eigenvalue weighted by atomic mass is 10.1. The minimum absolute atomic E-state index is 0.0253. The van der Waals surface area contributed by atoms with Gasteiger partial charge in [-0.1, -0.05) is 165 Å². The Bertz CT molecular complexity index is 1110. The molecule has 332 valence electrons. The first kappa shape index (κ1) is 55.0. The van der Waals surface area contributed by atoms with E-state index in [0.717, 1.165) is 64.2 Å². The van der Waals surface area contributed by atoms with E-state index in [-0.39, 0.29) is 32.0 Å². The summed E-state index contributed by atoms with van der Waals surface area (Å²) in [5, 5.41) is 0. The Labute approximate surface area is 350 Å². The van der Waals surface area contributed by atoms with Crippen molar-refractivity contribution in [1.29, 1.82) is 0 Å². The van der Waals surface area contributed by atoms with Gasteiger partial charge in [-0.05, 0) is 57.8 Å². The molecule has 2 unspecified atom stereocenters. The highest BCUT2D eigenvalue weighted by Gasteiger charge is 2.27. The number of hydrogen-bond acceptors (Lipinski definition) is 7. The number of carbonyl (C=O) groups is 2. The Balaban J connectivity index is 4.31. The molecule has 0 aliphatic rings. The zero-order chi connectivity index (χ0) is 42.1. The van der Waals surface area contributed by atoms with E-state index in [4.69, 9.17) is 18.5 Å². The number of phosphoric acid groups is 1. The summed E-state index contributed by atoms with van der Waals surface area (Å²) in [7, 11) is 1.45. The maximum absolute atomic E-state index is 12.7. The van der Waals surface area contributed by atoms with E-state index in [2.05, 4.69) is 44.2 Å². The maximum Gasteiger partial charge on any atom is 0.472 e. The Kier molecular flexibility index (Phi) is 38.0. The number of unbranched alkanes of at least 4 members (excludes halogenated alkanes) is 21. The number of esters is 2. The molecule has 0 aromatic heterocycles. The molecule has 0 saturated heterocycles. The molecule has 0 aliphatic carbocycles. The summed E-state index contributed by atoms with van der Waals surface area (Å²) in [4.78, 5) is 35.4. The van der Waals surface area contributed by atoms with Gasteiger partial charge in [-0.15, -0.1) is 0 Å². The molecule has 9 nitrogen and oxygen atoms in total. The smallest absolute Gasteiger partial charge is 0.462 e. The fourth-order valence-electron chi connectivity index (χ4n) is 6.07. The fraction of sp³-hybridized carbons (Fsp3) is 0.787. The minimum atomic E-state index is -4.38. The molecule has 57 heavy (non-hydrogen) atoms. The van der Waals surface area contributed by atoms with Crippen LogP contribution in [0.15, 0.2) is 48.6 Å². The molecule has 0 saturated carbocycles. The monoisotopic (exact) mass is 825 g/mol. The lowest BCUT2D eigenvalue weighted by Gasteiger charge is -2.24. The van der Waals surface area contributed by atoms with Crippen molar-refractivity contribution in [2.75, 3.05) is 47.5 Å². The summed E-state index contributed by atoms with van der Waals surface area (Å²) in [5.74, 6) is -0.828. The van der Waals surface area contributed by atoms with Gasteiger partial charge in [-0.2, -0.15) is 0 Å². The van der Waals surface area contributed by atoms with Crippen LogP contribution in [0.2, 0.25) is 0 Å². The van der Waals surface area contributed by atoms with E-state index in [9.17, 15) is 19.0 Å². The molecule has 0 aromatic rings. The quantitative estimate of drug-likeness (QED) is 0.0162. The molecule has 0 rings (SSSR count). The number of phosphoric ester groups is 1. The second kappa shape index (κ2) is 39.4. The van der Waals surface area contributed by atoms with Gasteiger partial charge in [-0.3, -0.25) is 18.6 Å². The summed E-state index contributed by atoms with van der Waals surface area (Å²) >= 11 is 0. The molecule has 0 fully saturated rings. The summed E-state index contributed by atoms with van der Waals surface area (Å²) in [5.41, 5.74) is 0. The molecule has 0 aliphatic heterocycles. The molecule has 1 N–H and O–H groups in total. The topological polar surface area (TPSA) is 108 Å². The number of quaternary nitrogens is 1. The summed E-state index contributed by atoms with van der Waals surface area (Å²) < 4.78 is 34.3. The van der Waals surface area contributed by atoms with E-state index in [1.54, 1.807) is 0 Å². The van der Waals surface area contributed by atoms with Crippen molar-refractivity contribution >= 4 is 19.8 Å². The second-order valence-electron chi connectivity index (χ2n) is 16.5. The first-order valence-electron chi connectivity index (χ1n) is 22.9. The van der Waals surface area contributed by atoms with Crippen molar-refractivity contribution in [2.45, 2.75) is 193 Å². The van der Waals surface area contributed by atoms with E-state index in [1.165, 1.54) is 89.9 Å². The predicted molar refractivity (Wildman–Crippen MR) is 238 cm³/mol. The Morgan fingerprint density at radius 1 is 0.561 bits per heavy atom. The van der Waals surface area contributed by atoms with Gasteiger partial charge in [0.05, 0.1) is 27.7 Å². The van der Waals surface area contributed by atoms with Crippen molar-refractivity contribution < 1.29 is 42.1 Å². The minimum Gasteiger partial charge on any atom is -0.462 e. The number of carbonyl (C=O) groups excluding carboxylic acids is 2. The van der Waals surface area contributed by atoms with Crippen LogP contribution in [0.25, 0.3) is 0 Å². The van der Waals surface area contributed by atoms with Gasteiger partial charge < -0.3 is 18.9 Å². The Morgan fingerprint density at radius 2 is 1.02 bits per heavy atom. The van der Waals surface area contributed by atoms with Gasteiger partial charge in [0.1, 0.15) is 19.8 Å². The number of hydrogen-bond donors (Lipinski definition) is 1. The van der Waals surface area contributed by atoms with Crippen LogP contribution in [0.1, 0.15) is 187 Å². The zero-order valence-corrected chi connectivity index (χ0v) is 38.2. The number of rotatable bonds is 41. The van der Waals surface area contributed by atoms with Crippen molar-refractivity contribution in [3.05, 3.63) is 48.6 Å². The van der Waals surface area contributed by atoms with E-state index in [0.29, 0.717) is 17.4 Å². The molecule has 0 aromatic carbocycles. The van der Waals surface area contributed by atoms with Gasteiger partial charge in [-0.25, -0.2) is 4.57 Å². The van der Waals surface area contributed by atoms with Crippen LogP contribution in [0, 0.1) is 0 Å². The first-order chi connectivity index (χ1) is 27.5. The van der Waals surface area contributed by atoms with Gasteiger partial charge >= 0.3 is 19.8 Å². The molecule has 0 spiro atoms. The third-order valence-electron chi connectivity index (χ3n) is 9.65. The van der Waals surface area contributed by atoms with Crippen LogP contribution >= 0.6 is 7.82 Å². The third-order valence-corrected chi connectivity index (χ3v) is 10.6.